The summed E-state index contributed by atoms with van der Waals surface area (Å²) in [5, 5.41) is 10.6. The maximum absolute atomic E-state index is 15.3. The van der Waals surface area contributed by atoms with Gasteiger partial charge < -0.3 is 0 Å². The van der Waals surface area contributed by atoms with Crippen LogP contribution in [0.2, 0.25) is 0 Å². The Balaban J connectivity index is 1.61. The first-order chi connectivity index (χ1) is 14.7. The number of nitrogens with zero attached hydrogens (tertiary/aromatic N) is 1. The number of halogens is 1. The Hall–Kier alpha value is -3.44. The first-order valence-corrected chi connectivity index (χ1v) is 10.5. The third-order valence-corrected chi connectivity index (χ3v) is 5.63. The lowest BCUT2D eigenvalue weighted by atomic mass is 9.96. The lowest BCUT2D eigenvalue weighted by Crippen LogP contribution is -1.90. The van der Waals surface area contributed by atoms with Crippen LogP contribution >= 0.6 is 0 Å². The van der Waals surface area contributed by atoms with E-state index in [9.17, 15) is 0 Å². The molecule has 0 aliphatic heterocycles. The van der Waals surface area contributed by atoms with Gasteiger partial charge in [-0.3, -0.25) is 0 Å². The van der Waals surface area contributed by atoms with Crippen molar-refractivity contribution in [2.45, 2.75) is 32.6 Å². The Morgan fingerprint density at radius 2 is 1.43 bits per heavy atom. The van der Waals surface area contributed by atoms with Crippen LogP contribution in [0.15, 0.2) is 78.9 Å². The van der Waals surface area contributed by atoms with Crippen LogP contribution in [0.3, 0.4) is 0 Å². The van der Waals surface area contributed by atoms with Crippen LogP contribution in [0.4, 0.5) is 4.39 Å². The zero-order valence-electron chi connectivity index (χ0n) is 17.2. The van der Waals surface area contributed by atoms with E-state index in [1.54, 1.807) is 0 Å². The van der Waals surface area contributed by atoms with Crippen molar-refractivity contribution in [1.29, 1.82) is 5.26 Å². The van der Waals surface area contributed by atoms with Gasteiger partial charge in [0.15, 0.2) is 0 Å². The number of hydrogen-bond acceptors (Lipinski definition) is 1. The zero-order valence-corrected chi connectivity index (χ0v) is 17.2. The smallest absolute Gasteiger partial charge is 0.138 e. The number of fused-ring (bicyclic) bond motifs is 1. The summed E-state index contributed by atoms with van der Waals surface area (Å²) in [5.41, 5.74) is 5.47. The summed E-state index contributed by atoms with van der Waals surface area (Å²) in [6, 6.07) is 27.5. The molecular weight excluding hydrogens is 369 g/mol. The molecule has 0 atom stereocenters. The van der Waals surface area contributed by atoms with Crippen LogP contribution in [-0.4, -0.2) is 0 Å². The molecule has 0 unspecified atom stereocenters. The standard InChI is InChI=1S/C28H24FN/c1-2-3-4-5-20-8-16-27-25(18-20)15-17-26(28(27)29)24-13-11-23(12-14-24)22-9-6-21(19-30)7-10-22/h6-18H,2-5H2,1H3. The Bertz CT molecular complexity index is 1200. The highest BCUT2D eigenvalue weighted by Crippen LogP contribution is 2.31. The third kappa shape index (κ3) is 4.11. The molecule has 1 nitrogen and oxygen atoms in total. The van der Waals surface area contributed by atoms with Crippen LogP contribution in [0.1, 0.15) is 37.3 Å². The predicted octanol–water partition coefficient (Wildman–Crippen LogP) is 7.92. The second-order valence-electron chi connectivity index (χ2n) is 7.71. The van der Waals surface area contributed by atoms with Crippen molar-refractivity contribution < 1.29 is 4.39 Å². The van der Waals surface area contributed by atoms with E-state index >= 15 is 4.39 Å². The molecule has 4 rings (SSSR count). The molecule has 0 radical (unpaired) electrons. The molecule has 0 saturated carbocycles. The molecule has 30 heavy (non-hydrogen) atoms. The van der Waals surface area contributed by atoms with Gasteiger partial charge in [-0.2, -0.15) is 5.26 Å². The van der Waals surface area contributed by atoms with Gasteiger partial charge in [-0.25, -0.2) is 4.39 Å². The molecule has 0 saturated heterocycles. The fraction of sp³-hybridized carbons (Fsp3) is 0.179. The summed E-state index contributed by atoms with van der Waals surface area (Å²) in [6.07, 6.45) is 4.65. The molecule has 2 heteroatoms. The Labute approximate surface area is 177 Å². The number of nitriles is 1. The van der Waals surface area contributed by atoms with Gasteiger partial charge in [0, 0.05) is 10.9 Å². The topological polar surface area (TPSA) is 23.8 Å². The van der Waals surface area contributed by atoms with E-state index in [0.717, 1.165) is 28.5 Å². The van der Waals surface area contributed by atoms with Crippen molar-refractivity contribution in [3.8, 4) is 28.3 Å². The highest BCUT2D eigenvalue weighted by molar-refractivity contribution is 5.89. The molecule has 0 fully saturated rings. The molecule has 0 amide bonds. The normalized spacial score (nSPS) is 10.8. The summed E-state index contributed by atoms with van der Waals surface area (Å²) in [7, 11) is 0. The molecule has 0 aliphatic rings. The Morgan fingerprint density at radius 3 is 2.10 bits per heavy atom. The Morgan fingerprint density at radius 1 is 0.767 bits per heavy atom. The summed E-state index contributed by atoms with van der Waals surface area (Å²) in [6.45, 7) is 2.20. The van der Waals surface area contributed by atoms with Gasteiger partial charge >= 0.3 is 0 Å². The van der Waals surface area contributed by atoms with E-state index in [-0.39, 0.29) is 5.82 Å². The molecule has 148 valence electrons. The van der Waals surface area contributed by atoms with Gasteiger partial charge in [-0.15, -0.1) is 0 Å². The highest BCUT2D eigenvalue weighted by Gasteiger charge is 2.10. The molecular formula is C28H24FN. The van der Waals surface area contributed by atoms with Crippen LogP contribution in [0, 0.1) is 17.1 Å². The molecule has 0 N–H and O–H groups in total. The van der Waals surface area contributed by atoms with Crippen LogP contribution in [0.25, 0.3) is 33.0 Å². The summed E-state index contributed by atoms with van der Waals surface area (Å²) < 4.78 is 15.3. The van der Waals surface area contributed by atoms with E-state index in [1.165, 1.54) is 24.8 Å². The minimum Gasteiger partial charge on any atom is -0.206 e. The van der Waals surface area contributed by atoms with Crippen molar-refractivity contribution >= 4 is 10.8 Å². The second-order valence-corrected chi connectivity index (χ2v) is 7.71. The van der Waals surface area contributed by atoms with Crippen molar-refractivity contribution in [3.05, 3.63) is 95.8 Å². The average Bonchev–Trinajstić information content (AvgIpc) is 2.80. The average molecular weight is 394 g/mol. The number of benzene rings is 4. The number of aryl methyl sites for hydroxylation is 1. The molecule has 0 aromatic heterocycles. The van der Waals surface area contributed by atoms with Gasteiger partial charge in [-0.1, -0.05) is 86.5 Å². The van der Waals surface area contributed by atoms with E-state index in [2.05, 4.69) is 25.1 Å². The lowest BCUT2D eigenvalue weighted by molar-refractivity contribution is 0.643. The minimum absolute atomic E-state index is 0.168. The van der Waals surface area contributed by atoms with Gasteiger partial charge in [0.2, 0.25) is 0 Å². The minimum atomic E-state index is -0.168. The van der Waals surface area contributed by atoms with Gasteiger partial charge in [0.1, 0.15) is 5.82 Å². The number of unbranched alkanes of at least 4 members (excludes halogenated alkanes) is 2. The van der Waals surface area contributed by atoms with Gasteiger partial charge in [-0.05, 0) is 52.6 Å². The number of rotatable bonds is 6. The summed E-state index contributed by atoms with van der Waals surface area (Å²) in [5.74, 6) is -0.168. The fourth-order valence-corrected chi connectivity index (χ4v) is 3.88. The van der Waals surface area contributed by atoms with E-state index in [0.29, 0.717) is 16.5 Å². The summed E-state index contributed by atoms with van der Waals surface area (Å²) in [4.78, 5) is 0. The first-order valence-electron chi connectivity index (χ1n) is 10.5. The highest BCUT2D eigenvalue weighted by atomic mass is 19.1. The van der Waals surface area contributed by atoms with E-state index in [1.807, 2.05) is 66.7 Å². The maximum atomic E-state index is 15.3. The summed E-state index contributed by atoms with van der Waals surface area (Å²) >= 11 is 0. The van der Waals surface area contributed by atoms with Crippen LogP contribution in [-0.2, 0) is 6.42 Å². The van der Waals surface area contributed by atoms with E-state index < -0.39 is 0 Å². The quantitative estimate of drug-likeness (QED) is 0.305. The molecule has 0 bridgehead atoms. The monoisotopic (exact) mass is 393 g/mol. The SMILES string of the molecule is CCCCCc1ccc2c(F)c(-c3ccc(-c4ccc(C#N)cc4)cc3)ccc2c1. The Kier molecular flexibility index (Phi) is 5.91. The predicted molar refractivity (Wildman–Crippen MR) is 123 cm³/mol. The third-order valence-electron chi connectivity index (χ3n) is 5.63. The largest absolute Gasteiger partial charge is 0.206 e. The second kappa shape index (κ2) is 8.93. The van der Waals surface area contributed by atoms with Crippen LogP contribution in [0.5, 0.6) is 0 Å². The molecule has 0 spiro atoms. The van der Waals surface area contributed by atoms with Crippen molar-refractivity contribution in [2.75, 3.05) is 0 Å². The maximum Gasteiger partial charge on any atom is 0.138 e. The molecule has 4 aromatic carbocycles. The van der Waals surface area contributed by atoms with Crippen molar-refractivity contribution in [3.63, 3.8) is 0 Å². The van der Waals surface area contributed by atoms with Gasteiger partial charge in [0.05, 0.1) is 11.6 Å². The van der Waals surface area contributed by atoms with Crippen molar-refractivity contribution in [2.24, 2.45) is 0 Å². The van der Waals surface area contributed by atoms with Crippen molar-refractivity contribution in [1.82, 2.24) is 0 Å². The fourth-order valence-electron chi connectivity index (χ4n) is 3.88. The number of hydrogen-bond donors (Lipinski definition) is 0. The van der Waals surface area contributed by atoms with Crippen LogP contribution < -0.4 is 0 Å². The molecule has 0 aliphatic carbocycles. The first kappa shape index (κ1) is 19.9. The van der Waals surface area contributed by atoms with E-state index in [4.69, 9.17) is 5.26 Å². The molecule has 4 aromatic rings. The zero-order chi connectivity index (χ0) is 20.9. The molecule has 0 heterocycles. The van der Waals surface area contributed by atoms with Gasteiger partial charge in [0.25, 0.3) is 0 Å². The lowest BCUT2D eigenvalue weighted by Gasteiger charge is -2.10.